The summed E-state index contributed by atoms with van der Waals surface area (Å²) in [6.07, 6.45) is 3.44. The van der Waals surface area contributed by atoms with E-state index in [0.29, 0.717) is 5.92 Å². The summed E-state index contributed by atoms with van der Waals surface area (Å²) in [7, 11) is 0. The number of anilines is 1. The molecular formula is C11H17N3. The fraction of sp³-hybridized carbons (Fsp3) is 0.455. The first-order chi connectivity index (χ1) is 6.63. The highest BCUT2D eigenvalue weighted by Gasteiger charge is 2.03. The van der Waals surface area contributed by atoms with Crippen molar-refractivity contribution in [2.75, 3.05) is 5.32 Å². The molecule has 1 unspecified atom stereocenters. The molecule has 0 aliphatic rings. The summed E-state index contributed by atoms with van der Waals surface area (Å²) in [6, 6.07) is 2.20. The lowest BCUT2D eigenvalue weighted by Gasteiger charge is -2.11. The smallest absolute Gasteiger partial charge is 0.130 e. The van der Waals surface area contributed by atoms with Crippen LogP contribution in [0.25, 0.3) is 0 Å². The molecule has 14 heavy (non-hydrogen) atoms. The number of hydrogen-bond donors (Lipinski definition) is 1. The summed E-state index contributed by atoms with van der Waals surface area (Å²) >= 11 is 0. The molecule has 3 nitrogen and oxygen atoms in total. The predicted molar refractivity (Wildman–Crippen MR) is 59.4 cm³/mol. The second-order valence-corrected chi connectivity index (χ2v) is 3.65. The van der Waals surface area contributed by atoms with Crippen molar-refractivity contribution < 1.29 is 0 Å². The first-order valence-electron chi connectivity index (χ1n) is 4.84. The Morgan fingerprint density at radius 1 is 1.36 bits per heavy atom. The lowest BCUT2D eigenvalue weighted by atomic mass is 10.1. The third kappa shape index (κ3) is 2.83. The fourth-order valence-electron chi connectivity index (χ4n) is 1.06. The summed E-state index contributed by atoms with van der Waals surface area (Å²) in [5.74, 6) is 1.29. The van der Waals surface area contributed by atoms with Crippen LogP contribution in [0.15, 0.2) is 25.0 Å². The van der Waals surface area contributed by atoms with Gasteiger partial charge in [-0.2, -0.15) is 0 Å². The van der Waals surface area contributed by atoms with Crippen molar-refractivity contribution >= 4 is 5.82 Å². The van der Waals surface area contributed by atoms with Crippen molar-refractivity contribution in [1.29, 1.82) is 0 Å². The van der Waals surface area contributed by atoms with E-state index in [2.05, 4.69) is 35.7 Å². The molecule has 0 bridgehead atoms. The van der Waals surface area contributed by atoms with Gasteiger partial charge in [-0.3, -0.25) is 0 Å². The second kappa shape index (κ2) is 4.74. The van der Waals surface area contributed by atoms with Crippen molar-refractivity contribution in [3.05, 3.63) is 30.7 Å². The van der Waals surface area contributed by atoms with E-state index < -0.39 is 0 Å². The van der Waals surface area contributed by atoms with Gasteiger partial charge in [-0.1, -0.05) is 19.9 Å². The summed E-state index contributed by atoms with van der Waals surface area (Å²) in [4.78, 5) is 8.33. The summed E-state index contributed by atoms with van der Waals surface area (Å²) in [5.41, 5.74) is 1.05. The van der Waals surface area contributed by atoms with Gasteiger partial charge in [0.1, 0.15) is 12.1 Å². The Morgan fingerprint density at radius 2 is 2.07 bits per heavy atom. The molecule has 0 radical (unpaired) electrons. The normalized spacial score (nSPS) is 12.6. The van der Waals surface area contributed by atoms with E-state index in [1.54, 1.807) is 6.33 Å². The van der Waals surface area contributed by atoms with Crippen LogP contribution in [0.5, 0.6) is 0 Å². The van der Waals surface area contributed by atoms with Crippen molar-refractivity contribution in [3.63, 3.8) is 0 Å². The minimum Gasteiger partial charge on any atom is -0.364 e. The number of nitrogens with one attached hydrogen (secondary N) is 1. The largest absolute Gasteiger partial charge is 0.364 e. The van der Waals surface area contributed by atoms with E-state index in [-0.39, 0.29) is 6.04 Å². The molecule has 1 N–H and O–H groups in total. The third-order valence-electron chi connectivity index (χ3n) is 2.01. The average Bonchev–Trinajstić information content (AvgIpc) is 2.18. The van der Waals surface area contributed by atoms with E-state index in [1.807, 2.05) is 19.1 Å². The Labute approximate surface area is 85.3 Å². The zero-order chi connectivity index (χ0) is 10.6. The Balaban J connectivity index is 2.78. The minimum absolute atomic E-state index is 0.227. The molecular weight excluding hydrogens is 174 g/mol. The van der Waals surface area contributed by atoms with Crippen LogP contribution in [0.4, 0.5) is 5.82 Å². The summed E-state index contributed by atoms with van der Waals surface area (Å²) in [6.45, 7) is 9.97. The molecule has 1 aromatic heterocycles. The van der Waals surface area contributed by atoms with Crippen LogP contribution >= 0.6 is 0 Å². The monoisotopic (exact) mass is 191 g/mol. The first-order valence-corrected chi connectivity index (χ1v) is 4.84. The minimum atomic E-state index is 0.227. The highest BCUT2D eigenvalue weighted by atomic mass is 15.0. The van der Waals surface area contributed by atoms with Gasteiger partial charge in [-0.15, -0.1) is 6.58 Å². The van der Waals surface area contributed by atoms with Crippen LogP contribution in [0, 0.1) is 0 Å². The Morgan fingerprint density at radius 3 is 2.64 bits per heavy atom. The van der Waals surface area contributed by atoms with Gasteiger partial charge in [-0.05, 0) is 12.8 Å². The molecule has 0 amide bonds. The third-order valence-corrected chi connectivity index (χ3v) is 2.01. The van der Waals surface area contributed by atoms with E-state index in [4.69, 9.17) is 0 Å². The molecule has 0 spiro atoms. The highest BCUT2D eigenvalue weighted by molar-refractivity contribution is 5.37. The predicted octanol–water partition coefficient (Wildman–Crippen LogP) is 2.59. The topological polar surface area (TPSA) is 37.8 Å². The van der Waals surface area contributed by atoms with Gasteiger partial charge in [0.25, 0.3) is 0 Å². The Bertz CT molecular complexity index is 307. The lowest BCUT2D eigenvalue weighted by molar-refractivity contribution is 0.812. The van der Waals surface area contributed by atoms with Crippen LogP contribution in [0.2, 0.25) is 0 Å². The Kier molecular flexibility index (Phi) is 3.63. The van der Waals surface area contributed by atoms with Gasteiger partial charge in [0, 0.05) is 17.8 Å². The molecule has 1 atom stereocenters. The summed E-state index contributed by atoms with van der Waals surface area (Å²) in [5, 5.41) is 3.22. The highest BCUT2D eigenvalue weighted by Crippen LogP contribution is 2.14. The van der Waals surface area contributed by atoms with E-state index in [9.17, 15) is 0 Å². The van der Waals surface area contributed by atoms with E-state index in [1.165, 1.54) is 0 Å². The van der Waals surface area contributed by atoms with Crippen molar-refractivity contribution in [1.82, 2.24) is 9.97 Å². The maximum Gasteiger partial charge on any atom is 0.130 e. The van der Waals surface area contributed by atoms with Gasteiger partial charge in [-0.25, -0.2) is 9.97 Å². The number of nitrogens with zero attached hydrogens (tertiary/aromatic N) is 2. The molecule has 0 fully saturated rings. The SMILES string of the molecule is C=CC(C)Nc1cc(C(C)C)ncn1. The molecule has 0 aliphatic carbocycles. The second-order valence-electron chi connectivity index (χ2n) is 3.65. The van der Waals surface area contributed by atoms with E-state index in [0.717, 1.165) is 11.5 Å². The molecule has 0 aromatic carbocycles. The molecule has 1 aromatic rings. The zero-order valence-corrected chi connectivity index (χ0v) is 8.99. The van der Waals surface area contributed by atoms with Crippen LogP contribution < -0.4 is 5.32 Å². The van der Waals surface area contributed by atoms with E-state index >= 15 is 0 Å². The quantitative estimate of drug-likeness (QED) is 0.743. The van der Waals surface area contributed by atoms with Crippen molar-refractivity contribution in [3.8, 4) is 0 Å². The van der Waals surface area contributed by atoms with Gasteiger partial charge < -0.3 is 5.32 Å². The Hall–Kier alpha value is -1.38. The van der Waals surface area contributed by atoms with Crippen LogP contribution in [0.3, 0.4) is 0 Å². The molecule has 0 saturated carbocycles. The molecule has 1 rings (SSSR count). The summed E-state index contributed by atoms with van der Waals surface area (Å²) < 4.78 is 0. The van der Waals surface area contributed by atoms with Gasteiger partial charge in [0.15, 0.2) is 0 Å². The van der Waals surface area contributed by atoms with Crippen LogP contribution in [-0.4, -0.2) is 16.0 Å². The fourth-order valence-corrected chi connectivity index (χ4v) is 1.06. The zero-order valence-electron chi connectivity index (χ0n) is 8.99. The maximum atomic E-state index is 4.20. The molecule has 0 saturated heterocycles. The van der Waals surface area contributed by atoms with Crippen molar-refractivity contribution in [2.45, 2.75) is 32.7 Å². The van der Waals surface area contributed by atoms with Gasteiger partial charge in [0.2, 0.25) is 0 Å². The number of aromatic nitrogens is 2. The molecule has 0 aliphatic heterocycles. The lowest BCUT2D eigenvalue weighted by Crippen LogP contribution is -2.13. The molecule has 1 heterocycles. The average molecular weight is 191 g/mol. The van der Waals surface area contributed by atoms with Gasteiger partial charge in [0.05, 0.1) is 0 Å². The standard InChI is InChI=1S/C11H17N3/c1-5-9(4)14-11-6-10(8(2)3)12-7-13-11/h5-9H,1H2,2-4H3,(H,12,13,14). The molecule has 3 heteroatoms. The van der Waals surface area contributed by atoms with Crippen molar-refractivity contribution in [2.24, 2.45) is 0 Å². The first kappa shape index (κ1) is 10.7. The number of hydrogen-bond acceptors (Lipinski definition) is 3. The number of rotatable bonds is 4. The van der Waals surface area contributed by atoms with Crippen LogP contribution in [-0.2, 0) is 0 Å². The van der Waals surface area contributed by atoms with Gasteiger partial charge >= 0.3 is 0 Å². The molecule has 76 valence electrons. The van der Waals surface area contributed by atoms with Crippen LogP contribution in [0.1, 0.15) is 32.4 Å². The maximum absolute atomic E-state index is 4.20.